The van der Waals surface area contributed by atoms with Gasteiger partial charge < -0.3 is 15.2 Å². The van der Waals surface area contributed by atoms with Crippen molar-refractivity contribution in [1.82, 2.24) is 5.32 Å². The Kier molecular flexibility index (Phi) is 11.0. The molecule has 3 N–H and O–H groups in total. The van der Waals surface area contributed by atoms with Crippen LogP contribution >= 0.6 is 0 Å². The SMILES string of the molecule is C[C@H](CCC(=O)NCCS(=O)(=O)O)[C@H]1CC[C@H]2[C@@H]3[C@@H](OC(c4ccccc4)(c4ccccc4)c4ccccc4)CC4C[C@H](O)CC[C@]4(C)[C@H]3CC[C@]12C. The highest BCUT2D eigenvalue weighted by molar-refractivity contribution is 7.85. The van der Waals surface area contributed by atoms with Crippen molar-refractivity contribution in [2.45, 2.75) is 103 Å². The van der Waals surface area contributed by atoms with Crippen LogP contribution < -0.4 is 5.32 Å². The lowest BCUT2D eigenvalue weighted by Crippen LogP contribution is -2.60. The van der Waals surface area contributed by atoms with Crippen LogP contribution in [0, 0.1) is 46.3 Å². The molecule has 0 radical (unpaired) electrons. The number of nitrogens with one attached hydrogen (secondary N) is 1. The summed E-state index contributed by atoms with van der Waals surface area (Å²) in [5.41, 5.74) is 2.81. The average molecular weight is 742 g/mol. The van der Waals surface area contributed by atoms with Crippen molar-refractivity contribution in [2.24, 2.45) is 46.3 Å². The van der Waals surface area contributed by atoms with E-state index in [9.17, 15) is 18.3 Å². The summed E-state index contributed by atoms with van der Waals surface area (Å²) < 4.78 is 39.4. The third kappa shape index (κ3) is 7.38. The standard InChI is InChI=1S/C45H59NO6S/c1-31(19-22-41(48)46-27-28-53(49,50)51)37-20-21-38-42-39(24-26-44(37,38)3)43(2)25-23-36(47)29-35(43)30-40(42)52-45(32-13-7-4-8-14-32,33-15-9-5-10-16-33)34-17-11-6-12-18-34/h4-18,31,35-40,42,47H,19-30H2,1-3H3,(H,46,48)(H,49,50,51)/t31-,35?,36-,37-,38+,39+,40+,42+,43+,44-/m1/s1. The summed E-state index contributed by atoms with van der Waals surface area (Å²) in [6.45, 7) is 7.29. The van der Waals surface area contributed by atoms with Gasteiger partial charge in [-0.2, -0.15) is 8.42 Å². The molecule has 0 aliphatic heterocycles. The van der Waals surface area contributed by atoms with Gasteiger partial charge in [0, 0.05) is 13.0 Å². The molecule has 0 aromatic heterocycles. The number of hydrogen-bond acceptors (Lipinski definition) is 5. The Labute approximate surface area is 317 Å². The highest BCUT2D eigenvalue weighted by atomic mass is 32.2. The van der Waals surface area contributed by atoms with Gasteiger partial charge in [0.25, 0.3) is 10.1 Å². The summed E-state index contributed by atoms with van der Waals surface area (Å²) in [4.78, 5) is 12.7. The summed E-state index contributed by atoms with van der Waals surface area (Å²) in [5.74, 6) is 1.90. The molecule has 8 heteroatoms. The predicted molar refractivity (Wildman–Crippen MR) is 209 cm³/mol. The van der Waals surface area contributed by atoms with E-state index in [4.69, 9.17) is 9.29 Å². The van der Waals surface area contributed by atoms with Crippen molar-refractivity contribution in [2.75, 3.05) is 12.3 Å². The molecule has 10 atom stereocenters. The molecule has 3 aromatic rings. The van der Waals surface area contributed by atoms with E-state index in [0.717, 1.165) is 74.5 Å². The quantitative estimate of drug-likeness (QED) is 0.127. The number of rotatable bonds is 12. The van der Waals surface area contributed by atoms with Gasteiger partial charge in [-0.05, 0) is 121 Å². The normalized spacial score (nSPS) is 33.3. The molecule has 0 spiro atoms. The van der Waals surface area contributed by atoms with Gasteiger partial charge in [0.05, 0.1) is 18.0 Å². The predicted octanol–water partition coefficient (Wildman–Crippen LogP) is 8.41. The van der Waals surface area contributed by atoms with E-state index in [1.54, 1.807) is 0 Å². The molecule has 4 saturated carbocycles. The molecule has 4 aliphatic rings. The zero-order valence-corrected chi connectivity index (χ0v) is 32.5. The molecule has 286 valence electrons. The first-order chi connectivity index (χ1) is 25.3. The maximum absolute atomic E-state index is 12.7. The van der Waals surface area contributed by atoms with Gasteiger partial charge in [-0.3, -0.25) is 9.35 Å². The van der Waals surface area contributed by atoms with Crippen LogP contribution in [0.5, 0.6) is 0 Å². The minimum Gasteiger partial charge on any atom is -0.393 e. The molecule has 4 aliphatic carbocycles. The average Bonchev–Trinajstić information content (AvgIpc) is 3.51. The second kappa shape index (κ2) is 15.2. The summed E-state index contributed by atoms with van der Waals surface area (Å²) in [6, 6.07) is 32.2. The van der Waals surface area contributed by atoms with Gasteiger partial charge >= 0.3 is 0 Å². The molecule has 3 aromatic carbocycles. The molecule has 53 heavy (non-hydrogen) atoms. The zero-order chi connectivity index (χ0) is 37.4. The molecule has 1 unspecified atom stereocenters. The summed E-state index contributed by atoms with van der Waals surface area (Å²) in [6.07, 6.45) is 9.09. The largest absolute Gasteiger partial charge is 0.393 e. The van der Waals surface area contributed by atoms with E-state index in [2.05, 4.69) is 117 Å². The Morgan fingerprint density at radius 3 is 1.94 bits per heavy atom. The Morgan fingerprint density at radius 1 is 0.830 bits per heavy atom. The molecule has 0 heterocycles. The molecule has 4 fully saturated rings. The first kappa shape index (κ1) is 38.2. The van der Waals surface area contributed by atoms with E-state index in [0.29, 0.717) is 41.9 Å². The van der Waals surface area contributed by atoms with Gasteiger partial charge in [0.1, 0.15) is 5.60 Å². The van der Waals surface area contributed by atoms with E-state index in [-0.39, 0.29) is 35.5 Å². The zero-order valence-electron chi connectivity index (χ0n) is 31.7. The van der Waals surface area contributed by atoms with Crippen molar-refractivity contribution >= 4 is 16.0 Å². The summed E-state index contributed by atoms with van der Waals surface area (Å²) in [5, 5.41) is 13.7. The molecule has 7 nitrogen and oxygen atoms in total. The lowest BCUT2D eigenvalue weighted by atomic mass is 9.43. The molecular weight excluding hydrogens is 683 g/mol. The summed E-state index contributed by atoms with van der Waals surface area (Å²) in [7, 11) is -4.11. The number of carbonyl (C=O) groups is 1. The number of carbonyl (C=O) groups excluding carboxylic acids is 1. The Balaban J connectivity index is 1.24. The van der Waals surface area contributed by atoms with Gasteiger partial charge in [-0.15, -0.1) is 0 Å². The van der Waals surface area contributed by atoms with Crippen LogP contribution in [-0.2, 0) is 25.3 Å². The molecule has 0 saturated heterocycles. The Morgan fingerprint density at radius 2 is 1.38 bits per heavy atom. The Bertz CT molecular complexity index is 1710. The van der Waals surface area contributed by atoms with Crippen LogP contribution in [0.2, 0.25) is 0 Å². The third-order valence-corrected chi connectivity index (χ3v) is 15.5. The lowest BCUT2D eigenvalue weighted by molar-refractivity contribution is -0.209. The van der Waals surface area contributed by atoms with E-state index >= 15 is 0 Å². The number of fused-ring (bicyclic) bond motifs is 5. The lowest BCUT2D eigenvalue weighted by Gasteiger charge is -2.63. The van der Waals surface area contributed by atoms with Crippen molar-refractivity contribution < 1.29 is 27.6 Å². The van der Waals surface area contributed by atoms with Gasteiger partial charge in [0.15, 0.2) is 0 Å². The fourth-order valence-corrected chi connectivity index (χ4v) is 12.6. The molecule has 1 amide bonds. The number of aliphatic hydroxyl groups excluding tert-OH is 1. The van der Waals surface area contributed by atoms with E-state index in [1.807, 2.05) is 0 Å². The van der Waals surface area contributed by atoms with Crippen molar-refractivity contribution in [3.8, 4) is 0 Å². The minimum absolute atomic E-state index is 0.0174. The van der Waals surface area contributed by atoms with Crippen molar-refractivity contribution in [3.05, 3.63) is 108 Å². The highest BCUT2D eigenvalue weighted by Crippen LogP contribution is 2.69. The molecule has 7 rings (SSSR count). The van der Waals surface area contributed by atoms with Crippen LogP contribution in [-0.4, -0.2) is 48.5 Å². The monoisotopic (exact) mass is 741 g/mol. The van der Waals surface area contributed by atoms with Gasteiger partial charge in [0.2, 0.25) is 5.91 Å². The van der Waals surface area contributed by atoms with Crippen LogP contribution in [0.1, 0.15) is 102 Å². The number of amides is 1. The summed E-state index contributed by atoms with van der Waals surface area (Å²) >= 11 is 0. The van der Waals surface area contributed by atoms with Crippen LogP contribution in [0.25, 0.3) is 0 Å². The number of ether oxygens (including phenoxy) is 1. The van der Waals surface area contributed by atoms with Gasteiger partial charge in [-0.1, -0.05) is 112 Å². The molecular formula is C45H59NO6S. The first-order valence-electron chi connectivity index (χ1n) is 20.1. The van der Waals surface area contributed by atoms with Crippen molar-refractivity contribution in [3.63, 3.8) is 0 Å². The highest BCUT2D eigenvalue weighted by Gasteiger charge is 2.64. The smallest absolute Gasteiger partial charge is 0.266 e. The van der Waals surface area contributed by atoms with E-state index < -0.39 is 21.5 Å². The number of aliphatic hydroxyl groups is 1. The van der Waals surface area contributed by atoms with E-state index in [1.165, 1.54) is 0 Å². The van der Waals surface area contributed by atoms with Crippen LogP contribution in [0.4, 0.5) is 0 Å². The fourth-order valence-electron chi connectivity index (χ4n) is 12.2. The minimum atomic E-state index is -4.11. The number of hydrogen-bond donors (Lipinski definition) is 3. The van der Waals surface area contributed by atoms with Crippen LogP contribution in [0.15, 0.2) is 91.0 Å². The number of benzene rings is 3. The third-order valence-electron chi connectivity index (χ3n) is 14.8. The van der Waals surface area contributed by atoms with Gasteiger partial charge in [-0.25, -0.2) is 0 Å². The molecule has 0 bridgehead atoms. The van der Waals surface area contributed by atoms with Crippen LogP contribution in [0.3, 0.4) is 0 Å². The second-order valence-electron chi connectivity index (χ2n) is 17.5. The topological polar surface area (TPSA) is 113 Å². The maximum atomic E-state index is 12.7. The second-order valence-corrected chi connectivity index (χ2v) is 19.0. The van der Waals surface area contributed by atoms with Crippen molar-refractivity contribution in [1.29, 1.82) is 0 Å². The maximum Gasteiger partial charge on any atom is 0.266 e. The Hall–Kier alpha value is -3.04. The first-order valence-corrected chi connectivity index (χ1v) is 21.7. The fraction of sp³-hybridized carbons (Fsp3) is 0.578.